The zero-order chi connectivity index (χ0) is 23.9. The van der Waals surface area contributed by atoms with Crippen molar-refractivity contribution < 1.29 is 4.43 Å². The van der Waals surface area contributed by atoms with Gasteiger partial charge in [-0.05, 0) is 0 Å². The molecule has 0 aliphatic heterocycles. The Morgan fingerprint density at radius 2 is 1.38 bits per heavy atom. The number of hydrogen-bond donors (Lipinski definition) is 0. The van der Waals surface area contributed by atoms with Gasteiger partial charge in [0.2, 0.25) is 0 Å². The summed E-state index contributed by atoms with van der Waals surface area (Å²) >= 11 is -2.91. The molecule has 0 saturated heterocycles. The molecule has 1 aromatic carbocycles. The molecule has 0 aliphatic carbocycles. The van der Waals surface area contributed by atoms with E-state index in [0.717, 1.165) is 3.93 Å². The molecule has 1 aromatic rings. The van der Waals surface area contributed by atoms with Crippen LogP contribution in [0.3, 0.4) is 0 Å². The van der Waals surface area contributed by atoms with Crippen LogP contribution < -0.4 is 0 Å². The standard InChI is InChI=1S/C11H23OSi.C10H13.2C4H9.Sn/c1-5-9-10-11-12-13(6-2,7-3)8-4;1-2-3-7-10-8-5-4-6-9-10;2*1-3-4-2;/h10H,5-9H2,1-4H3;4-9H,2-3H2,1H3;2*1,3-4H2,2H3;. The predicted octanol–water partition coefficient (Wildman–Crippen LogP) is 10.4. The molecular formula is C29H54OSiSn. The quantitative estimate of drug-likeness (QED) is 0.127. The van der Waals surface area contributed by atoms with Crippen molar-refractivity contribution >= 4 is 26.7 Å². The first-order valence-electron chi connectivity index (χ1n) is 14.0. The Balaban J connectivity index is 3.74. The minimum atomic E-state index is -2.91. The van der Waals surface area contributed by atoms with E-state index in [1.807, 2.05) is 0 Å². The first-order chi connectivity index (χ1) is 15.5. The molecule has 184 valence electrons. The summed E-state index contributed by atoms with van der Waals surface area (Å²) in [7, 11) is -1.70. The van der Waals surface area contributed by atoms with Crippen molar-refractivity contribution in [3.05, 3.63) is 45.7 Å². The van der Waals surface area contributed by atoms with Crippen LogP contribution in [0, 0.1) is 0 Å². The SMILES string of the molecule is CCC/C=[C](\O[Si](CC)(CC)CC)[Sn]([CH2]CCC)([CH2]CCC)[C@@H](CCC)c1ccccc1. The molecule has 0 aliphatic rings. The first kappa shape index (κ1) is 29.8. The number of allylic oxidation sites excluding steroid dienone is 1. The Morgan fingerprint density at radius 1 is 0.812 bits per heavy atom. The zero-order valence-corrected chi connectivity index (χ0v) is 26.5. The fraction of sp³-hybridized carbons (Fsp3) is 0.724. The average molecular weight is 566 g/mol. The Bertz CT molecular complexity index is 607. The fourth-order valence-corrected chi connectivity index (χ4v) is 28.8. The van der Waals surface area contributed by atoms with Crippen LogP contribution in [0.25, 0.3) is 0 Å². The van der Waals surface area contributed by atoms with Crippen molar-refractivity contribution in [2.75, 3.05) is 0 Å². The van der Waals surface area contributed by atoms with Gasteiger partial charge in [0, 0.05) is 0 Å². The van der Waals surface area contributed by atoms with E-state index >= 15 is 0 Å². The summed E-state index contributed by atoms with van der Waals surface area (Å²) in [5.41, 5.74) is 1.61. The Kier molecular flexibility index (Phi) is 15.3. The van der Waals surface area contributed by atoms with E-state index in [0.29, 0.717) is 0 Å². The van der Waals surface area contributed by atoms with Crippen molar-refractivity contribution in [1.29, 1.82) is 0 Å². The van der Waals surface area contributed by atoms with Crippen molar-refractivity contribution in [3.8, 4) is 0 Å². The van der Waals surface area contributed by atoms with E-state index in [-0.39, 0.29) is 0 Å². The van der Waals surface area contributed by atoms with Gasteiger partial charge in [-0.15, -0.1) is 0 Å². The van der Waals surface area contributed by atoms with Crippen LogP contribution in [0.15, 0.2) is 40.2 Å². The van der Waals surface area contributed by atoms with Gasteiger partial charge in [-0.1, -0.05) is 0 Å². The summed E-state index contributed by atoms with van der Waals surface area (Å²) < 4.78 is 12.8. The molecule has 0 aromatic heterocycles. The third-order valence-electron chi connectivity index (χ3n) is 7.77. The molecule has 0 saturated carbocycles. The van der Waals surface area contributed by atoms with Crippen molar-refractivity contribution in [2.45, 2.75) is 131 Å². The van der Waals surface area contributed by atoms with Gasteiger partial charge >= 0.3 is 208 Å². The summed E-state index contributed by atoms with van der Waals surface area (Å²) in [5.74, 6) is 0. The van der Waals surface area contributed by atoms with Gasteiger partial charge in [0.1, 0.15) is 0 Å². The molecule has 0 radical (unpaired) electrons. The summed E-state index contributed by atoms with van der Waals surface area (Å²) in [6, 6.07) is 15.3. The van der Waals surface area contributed by atoms with Gasteiger partial charge in [0.15, 0.2) is 0 Å². The van der Waals surface area contributed by atoms with E-state index in [1.54, 1.807) is 9.34 Å². The van der Waals surface area contributed by atoms with Gasteiger partial charge in [-0.3, -0.25) is 0 Å². The monoisotopic (exact) mass is 566 g/mol. The molecule has 1 rings (SSSR count). The molecule has 3 heteroatoms. The molecule has 0 amide bonds. The zero-order valence-electron chi connectivity index (χ0n) is 22.6. The molecule has 1 nitrogen and oxygen atoms in total. The van der Waals surface area contributed by atoms with E-state index < -0.39 is 26.7 Å². The predicted molar refractivity (Wildman–Crippen MR) is 151 cm³/mol. The summed E-state index contributed by atoms with van der Waals surface area (Å²) in [5, 5.41) is 0. The van der Waals surface area contributed by atoms with Crippen molar-refractivity contribution in [2.24, 2.45) is 0 Å². The van der Waals surface area contributed by atoms with Crippen LogP contribution in [0.2, 0.25) is 27.0 Å². The van der Waals surface area contributed by atoms with Crippen LogP contribution >= 0.6 is 0 Å². The summed E-state index contributed by atoms with van der Waals surface area (Å²) in [6.07, 6.45) is 13.0. The van der Waals surface area contributed by atoms with Crippen LogP contribution in [-0.2, 0) is 4.43 Å². The molecular weight excluding hydrogens is 511 g/mol. The topological polar surface area (TPSA) is 9.23 Å². The second kappa shape index (κ2) is 16.4. The molecule has 0 spiro atoms. The minimum absolute atomic E-state index is 0.744. The Labute approximate surface area is 206 Å². The van der Waals surface area contributed by atoms with Gasteiger partial charge in [0.05, 0.1) is 0 Å². The van der Waals surface area contributed by atoms with E-state index in [2.05, 4.69) is 84.9 Å². The first-order valence-corrected chi connectivity index (χ1v) is 23.6. The van der Waals surface area contributed by atoms with Crippen LogP contribution in [-0.4, -0.2) is 26.7 Å². The summed E-state index contributed by atoms with van der Waals surface area (Å²) in [6.45, 7) is 16.7. The third kappa shape index (κ3) is 8.22. The Hall–Kier alpha value is -0.224. The van der Waals surface area contributed by atoms with E-state index in [1.165, 1.54) is 78.4 Å². The van der Waals surface area contributed by atoms with Crippen LogP contribution in [0.4, 0.5) is 0 Å². The molecule has 1 atom stereocenters. The second-order valence-corrected chi connectivity index (χ2v) is 27.4. The number of unbranched alkanes of at least 4 members (excludes halogenated alkanes) is 3. The normalized spacial score (nSPS) is 13.9. The molecule has 32 heavy (non-hydrogen) atoms. The Morgan fingerprint density at radius 3 is 1.81 bits per heavy atom. The maximum atomic E-state index is 7.49. The van der Waals surface area contributed by atoms with Crippen molar-refractivity contribution in [1.82, 2.24) is 0 Å². The van der Waals surface area contributed by atoms with Crippen molar-refractivity contribution in [3.63, 3.8) is 0 Å². The summed E-state index contributed by atoms with van der Waals surface area (Å²) in [4.78, 5) is 0. The number of rotatable bonds is 18. The third-order valence-corrected chi connectivity index (χ3v) is 29.2. The molecule has 0 fully saturated rings. The molecule has 0 heterocycles. The number of hydrogen-bond acceptors (Lipinski definition) is 1. The van der Waals surface area contributed by atoms with Crippen LogP contribution in [0.5, 0.6) is 0 Å². The van der Waals surface area contributed by atoms with Crippen LogP contribution in [0.1, 0.15) is 109 Å². The van der Waals surface area contributed by atoms with Gasteiger partial charge in [-0.2, -0.15) is 0 Å². The fourth-order valence-electron chi connectivity index (χ4n) is 5.43. The van der Waals surface area contributed by atoms with E-state index in [9.17, 15) is 0 Å². The average Bonchev–Trinajstić information content (AvgIpc) is 2.84. The van der Waals surface area contributed by atoms with Gasteiger partial charge in [-0.25, -0.2) is 0 Å². The van der Waals surface area contributed by atoms with E-state index in [4.69, 9.17) is 4.43 Å². The van der Waals surface area contributed by atoms with Gasteiger partial charge in [0.25, 0.3) is 0 Å². The molecule has 0 bridgehead atoms. The molecule has 0 unspecified atom stereocenters. The molecule has 0 N–H and O–H groups in total. The second-order valence-electron chi connectivity index (χ2n) is 9.82. The number of benzene rings is 1. The van der Waals surface area contributed by atoms with Gasteiger partial charge < -0.3 is 0 Å². The maximum absolute atomic E-state index is 7.49.